The van der Waals surface area contributed by atoms with Gasteiger partial charge in [0.1, 0.15) is 0 Å². The Kier molecular flexibility index (Phi) is 2.99. The molecule has 1 aromatic carbocycles. The molecular formula is C14H13ClN2OS. The number of rotatable bonds is 1. The fourth-order valence-corrected chi connectivity index (χ4v) is 3.34. The molecule has 1 amide bonds. The van der Waals surface area contributed by atoms with Crippen LogP contribution < -0.4 is 10.6 Å². The lowest BCUT2D eigenvalue weighted by Crippen LogP contribution is -2.28. The normalized spacial score (nSPS) is 13.7. The first-order valence-corrected chi connectivity index (χ1v) is 7.22. The lowest BCUT2D eigenvalue weighted by atomic mass is 10.1. The van der Waals surface area contributed by atoms with Crippen LogP contribution in [-0.2, 0) is 6.42 Å². The Bertz CT molecular complexity index is 665. The molecule has 0 radical (unpaired) electrons. The molecule has 3 nitrogen and oxygen atoms in total. The minimum absolute atomic E-state index is 0.00102. The number of halogens is 1. The number of carbonyl (C=O) groups is 1. The molecule has 5 heteroatoms. The van der Waals surface area contributed by atoms with Gasteiger partial charge in [0.05, 0.1) is 9.21 Å². The molecule has 1 aliphatic rings. The van der Waals surface area contributed by atoms with Gasteiger partial charge in [0.15, 0.2) is 0 Å². The van der Waals surface area contributed by atoms with Crippen molar-refractivity contribution < 1.29 is 4.79 Å². The van der Waals surface area contributed by atoms with Gasteiger partial charge < -0.3 is 10.6 Å². The van der Waals surface area contributed by atoms with Gasteiger partial charge in [-0.15, -0.1) is 11.3 Å². The Morgan fingerprint density at radius 2 is 2.21 bits per heavy atom. The minimum Gasteiger partial charge on any atom is -0.398 e. The first-order valence-electron chi connectivity index (χ1n) is 6.02. The summed E-state index contributed by atoms with van der Waals surface area (Å²) >= 11 is 7.19. The van der Waals surface area contributed by atoms with E-state index < -0.39 is 0 Å². The van der Waals surface area contributed by atoms with Crippen LogP contribution in [-0.4, -0.2) is 12.5 Å². The van der Waals surface area contributed by atoms with Crippen molar-refractivity contribution in [3.05, 3.63) is 44.6 Å². The summed E-state index contributed by atoms with van der Waals surface area (Å²) in [6.45, 7) is 2.69. The molecule has 0 unspecified atom stereocenters. The van der Waals surface area contributed by atoms with E-state index in [1.165, 1.54) is 16.9 Å². The van der Waals surface area contributed by atoms with Gasteiger partial charge in [0, 0.05) is 17.9 Å². The highest BCUT2D eigenvalue weighted by atomic mass is 35.5. The average molecular weight is 293 g/mol. The summed E-state index contributed by atoms with van der Waals surface area (Å²) < 4.78 is 0.631. The van der Waals surface area contributed by atoms with Crippen molar-refractivity contribution in [3.8, 4) is 0 Å². The van der Waals surface area contributed by atoms with Crippen LogP contribution in [0.3, 0.4) is 0 Å². The Balaban J connectivity index is 1.98. The van der Waals surface area contributed by atoms with Crippen LogP contribution in [0.15, 0.2) is 24.3 Å². The van der Waals surface area contributed by atoms with E-state index in [4.69, 9.17) is 17.3 Å². The van der Waals surface area contributed by atoms with Gasteiger partial charge in [0.25, 0.3) is 5.91 Å². The second-order valence-electron chi connectivity index (χ2n) is 4.65. The average Bonchev–Trinajstić information content (AvgIpc) is 2.96. The highest BCUT2D eigenvalue weighted by molar-refractivity contribution is 7.18. The molecule has 0 atom stereocenters. The summed E-state index contributed by atoms with van der Waals surface area (Å²) in [5.74, 6) is -0.00102. The monoisotopic (exact) mass is 292 g/mol. The predicted octanol–water partition coefficient (Wildman–Crippen LogP) is 3.50. The maximum absolute atomic E-state index is 12.5. The lowest BCUT2D eigenvalue weighted by molar-refractivity contribution is 0.0993. The van der Waals surface area contributed by atoms with E-state index in [1.54, 1.807) is 17.0 Å². The third kappa shape index (κ3) is 2.11. The van der Waals surface area contributed by atoms with Crippen LogP contribution in [0.4, 0.5) is 11.4 Å². The first kappa shape index (κ1) is 12.5. The molecule has 1 aromatic heterocycles. The van der Waals surface area contributed by atoms with Gasteiger partial charge in [-0.05, 0) is 42.7 Å². The van der Waals surface area contributed by atoms with Gasteiger partial charge in [-0.2, -0.15) is 0 Å². The second-order valence-corrected chi connectivity index (χ2v) is 6.36. The molecule has 0 saturated carbocycles. The number of hydrogen-bond donors (Lipinski definition) is 1. The van der Waals surface area contributed by atoms with Crippen molar-refractivity contribution in [3.63, 3.8) is 0 Å². The zero-order valence-electron chi connectivity index (χ0n) is 10.4. The smallest absolute Gasteiger partial charge is 0.268 e. The van der Waals surface area contributed by atoms with E-state index in [-0.39, 0.29) is 5.91 Å². The van der Waals surface area contributed by atoms with Crippen molar-refractivity contribution in [2.24, 2.45) is 0 Å². The third-order valence-electron chi connectivity index (χ3n) is 3.39. The van der Waals surface area contributed by atoms with Crippen LogP contribution in [0.5, 0.6) is 0 Å². The van der Waals surface area contributed by atoms with Crippen molar-refractivity contribution in [1.82, 2.24) is 0 Å². The molecule has 0 bridgehead atoms. The van der Waals surface area contributed by atoms with Crippen LogP contribution in [0, 0.1) is 6.92 Å². The lowest BCUT2D eigenvalue weighted by Gasteiger charge is -2.17. The van der Waals surface area contributed by atoms with Crippen molar-refractivity contribution in [1.29, 1.82) is 0 Å². The number of carbonyl (C=O) groups excluding carboxylic acids is 1. The standard InChI is InChI=1S/C14H13ClN2OS/c1-8-6-9-4-5-17(11(9)7-10(8)16)14(18)12-2-3-13(15)19-12/h2-3,6-7H,4-5,16H2,1H3. The van der Waals surface area contributed by atoms with Crippen molar-refractivity contribution in [2.45, 2.75) is 13.3 Å². The Morgan fingerprint density at radius 3 is 2.89 bits per heavy atom. The molecule has 2 aromatic rings. The summed E-state index contributed by atoms with van der Waals surface area (Å²) in [5.41, 5.74) is 9.84. The molecule has 1 aliphatic heterocycles. The number of thiophene rings is 1. The summed E-state index contributed by atoms with van der Waals surface area (Å²) in [7, 11) is 0. The minimum atomic E-state index is -0.00102. The number of nitrogens with zero attached hydrogens (tertiary/aromatic N) is 1. The van der Waals surface area contributed by atoms with E-state index in [2.05, 4.69) is 6.07 Å². The van der Waals surface area contributed by atoms with E-state index in [0.717, 1.165) is 23.4 Å². The van der Waals surface area contributed by atoms with E-state index in [9.17, 15) is 4.79 Å². The van der Waals surface area contributed by atoms with Gasteiger partial charge >= 0.3 is 0 Å². The maximum atomic E-state index is 12.5. The van der Waals surface area contributed by atoms with Gasteiger partial charge in [0.2, 0.25) is 0 Å². The van der Waals surface area contributed by atoms with Crippen LogP contribution >= 0.6 is 22.9 Å². The number of hydrogen-bond acceptors (Lipinski definition) is 3. The van der Waals surface area contributed by atoms with Crippen molar-refractivity contribution in [2.75, 3.05) is 17.2 Å². The summed E-state index contributed by atoms with van der Waals surface area (Å²) in [6, 6.07) is 7.48. The Morgan fingerprint density at radius 1 is 1.42 bits per heavy atom. The number of anilines is 2. The molecular weight excluding hydrogens is 280 g/mol. The Hall–Kier alpha value is -1.52. The van der Waals surface area contributed by atoms with E-state index in [1.807, 2.05) is 13.0 Å². The largest absolute Gasteiger partial charge is 0.398 e. The van der Waals surface area contributed by atoms with Gasteiger partial charge in [-0.1, -0.05) is 17.7 Å². The predicted molar refractivity (Wildman–Crippen MR) is 80.3 cm³/mol. The summed E-state index contributed by atoms with van der Waals surface area (Å²) in [6.07, 6.45) is 0.876. The Labute approximate surface area is 120 Å². The van der Waals surface area contributed by atoms with Gasteiger partial charge in [-0.25, -0.2) is 0 Å². The number of aryl methyl sites for hydroxylation is 1. The molecule has 0 fully saturated rings. The first-order chi connectivity index (χ1) is 9.06. The molecule has 2 heterocycles. The summed E-state index contributed by atoms with van der Waals surface area (Å²) in [5, 5.41) is 0. The quantitative estimate of drug-likeness (QED) is 0.818. The highest BCUT2D eigenvalue weighted by Gasteiger charge is 2.27. The molecule has 0 saturated heterocycles. The number of fused-ring (bicyclic) bond motifs is 1. The van der Waals surface area contributed by atoms with Crippen LogP contribution in [0.2, 0.25) is 4.34 Å². The molecule has 0 aliphatic carbocycles. The molecule has 3 rings (SSSR count). The summed E-state index contributed by atoms with van der Waals surface area (Å²) in [4.78, 5) is 14.9. The second kappa shape index (κ2) is 4.54. The van der Waals surface area contributed by atoms with Crippen LogP contribution in [0.1, 0.15) is 20.8 Å². The topological polar surface area (TPSA) is 46.3 Å². The highest BCUT2D eigenvalue weighted by Crippen LogP contribution is 2.34. The number of nitrogens with two attached hydrogens (primary N) is 1. The fourth-order valence-electron chi connectivity index (χ4n) is 2.35. The van der Waals surface area contributed by atoms with Crippen molar-refractivity contribution >= 4 is 40.2 Å². The number of amides is 1. The zero-order chi connectivity index (χ0) is 13.6. The molecule has 19 heavy (non-hydrogen) atoms. The molecule has 0 spiro atoms. The molecule has 98 valence electrons. The maximum Gasteiger partial charge on any atom is 0.268 e. The molecule has 2 N–H and O–H groups in total. The van der Waals surface area contributed by atoms with Gasteiger partial charge in [-0.3, -0.25) is 4.79 Å². The zero-order valence-corrected chi connectivity index (χ0v) is 12.0. The third-order valence-corrected chi connectivity index (χ3v) is 4.61. The number of nitrogen functional groups attached to an aromatic ring is 1. The van der Waals surface area contributed by atoms with E-state index >= 15 is 0 Å². The fraction of sp³-hybridized carbons (Fsp3) is 0.214. The van der Waals surface area contributed by atoms with Crippen LogP contribution in [0.25, 0.3) is 0 Å². The SMILES string of the molecule is Cc1cc2c(cc1N)N(C(=O)c1ccc(Cl)s1)CC2. The van der Waals surface area contributed by atoms with E-state index in [0.29, 0.717) is 15.8 Å². The number of benzene rings is 1.